The maximum absolute atomic E-state index is 13.1. The number of nitrogens with zero attached hydrogens (tertiary/aromatic N) is 2. The number of aromatic nitrogens is 2. The molecule has 1 atom stereocenters. The van der Waals surface area contributed by atoms with Crippen molar-refractivity contribution in [3.8, 4) is 17.2 Å². The van der Waals surface area contributed by atoms with Gasteiger partial charge in [-0.3, -0.25) is 14.3 Å². The van der Waals surface area contributed by atoms with Gasteiger partial charge < -0.3 is 19.7 Å². The van der Waals surface area contributed by atoms with Crippen LogP contribution in [-0.4, -0.2) is 38.4 Å². The van der Waals surface area contributed by atoms with E-state index in [1.54, 1.807) is 16.8 Å². The molecule has 10 heteroatoms. The quantitative estimate of drug-likeness (QED) is 0.433. The fraction of sp³-hybridized carbons (Fsp3) is 0.240. The van der Waals surface area contributed by atoms with Crippen LogP contribution in [0.15, 0.2) is 54.4 Å². The minimum absolute atomic E-state index is 0.0104. The Morgan fingerprint density at radius 2 is 1.94 bits per heavy atom. The maximum Gasteiger partial charge on any atom is 0.387 e. The number of rotatable bonds is 8. The number of fused-ring (bicyclic) bond motifs is 1. The molecule has 1 aliphatic rings. The van der Waals surface area contributed by atoms with Crippen LogP contribution in [0.5, 0.6) is 17.2 Å². The summed E-state index contributed by atoms with van der Waals surface area (Å²) in [5.74, 6) is -3.10. The van der Waals surface area contributed by atoms with Crippen LogP contribution in [0.4, 0.5) is 8.78 Å². The summed E-state index contributed by atoms with van der Waals surface area (Å²) in [5.41, 5.74) is 0.952. The molecule has 3 aromatic rings. The zero-order valence-electron chi connectivity index (χ0n) is 18.8. The Labute approximate surface area is 199 Å². The van der Waals surface area contributed by atoms with E-state index in [-0.39, 0.29) is 45.7 Å². The number of carboxylic acid groups (broad SMARTS) is 1. The minimum Gasteiger partial charge on any atom is -0.508 e. The number of ketones is 1. The predicted octanol–water partition coefficient (Wildman–Crippen LogP) is 4.99. The van der Waals surface area contributed by atoms with Crippen molar-refractivity contribution in [2.75, 3.05) is 0 Å². The lowest BCUT2D eigenvalue weighted by molar-refractivity contribution is -0.137. The van der Waals surface area contributed by atoms with Gasteiger partial charge >= 0.3 is 12.6 Å². The van der Waals surface area contributed by atoms with E-state index in [4.69, 9.17) is 4.74 Å². The van der Waals surface area contributed by atoms with Gasteiger partial charge in [-0.1, -0.05) is 18.2 Å². The molecule has 2 heterocycles. The van der Waals surface area contributed by atoms with Crippen molar-refractivity contribution in [2.45, 2.75) is 38.8 Å². The van der Waals surface area contributed by atoms with Crippen molar-refractivity contribution in [1.29, 1.82) is 0 Å². The number of Topliss-reactive ketones (excluding diaryl/α,β-unsaturated/α-hetero) is 1. The lowest BCUT2D eigenvalue weighted by Crippen LogP contribution is -2.16. The molecule has 0 fully saturated rings. The number of allylic oxidation sites excluding steroid dienone is 1. The summed E-state index contributed by atoms with van der Waals surface area (Å²) in [7, 11) is 0. The topological polar surface area (TPSA) is 111 Å². The van der Waals surface area contributed by atoms with Crippen molar-refractivity contribution >= 4 is 17.8 Å². The van der Waals surface area contributed by atoms with Crippen molar-refractivity contribution in [2.24, 2.45) is 0 Å². The lowest BCUT2D eigenvalue weighted by Gasteiger charge is -2.22. The molecule has 1 aliphatic heterocycles. The van der Waals surface area contributed by atoms with E-state index < -0.39 is 30.7 Å². The Morgan fingerprint density at radius 1 is 1.20 bits per heavy atom. The van der Waals surface area contributed by atoms with E-state index in [2.05, 4.69) is 9.84 Å². The van der Waals surface area contributed by atoms with Crippen molar-refractivity contribution in [3.63, 3.8) is 0 Å². The molecule has 1 aromatic heterocycles. The number of alkyl halides is 2. The van der Waals surface area contributed by atoms with Gasteiger partial charge in [0.2, 0.25) is 5.78 Å². The van der Waals surface area contributed by atoms with Gasteiger partial charge in [-0.25, -0.2) is 0 Å². The first-order valence-electron chi connectivity index (χ1n) is 10.8. The minimum atomic E-state index is -3.06. The maximum atomic E-state index is 13.1. The highest BCUT2D eigenvalue weighted by atomic mass is 19.3. The SMILES string of the molecule is CC(C)n1nccc1[C@@H](CC(=O)O)c1c(O)ccc2c1O/C(=C\c1ccccc1OC(F)F)C2=O. The third-order valence-corrected chi connectivity index (χ3v) is 5.55. The molecule has 35 heavy (non-hydrogen) atoms. The summed E-state index contributed by atoms with van der Waals surface area (Å²) in [6.45, 7) is 0.699. The Hall–Kier alpha value is -4.21. The lowest BCUT2D eigenvalue weighted by atomic mass is 9.89. The fourth-order valence-electron chi connectivity index (χ4n) is 4.10. The third-order valence-electron chi connectivity index (χ3n) is 5.55. The fourth-order valence-corrected chi connectivity index (χ4v) is 4.10. The Kier molecular flexibility index (Phi) is 6.54. The molecule has 0 radical (unpaired) electrons. The first kappa shape index (κ1) is 23.9. The number of benzene rings is 2. The summed E-state index contributed by atoms with van der Waals surface area (Å²) < 4.78 is 37.6. The second-order valence-electron chi connectivity index (χ2n) is 8.18. The number of carboxylic acids is 1. The number of aromatic hydroxyl groups is 1. The molecule has 0 saturated carbocycles. The Balaban J connectivity index is 1.82. The standard InChI is InChI=1S/C25H22F2N2O6/c1-13(2)29-17(9-10-28-29)16(12-21(31)32)22-18(30)8-7-15-23(33)20(34-24(15)22)11-14-5-3-4-6-19(14)35-25(26)27/h3-11,13,16,25,30H,12H2,1-2H3,(H,31,32)/b20-11-/t16-/m1/s1. The first-order valence-corrected chi connectivity index (χ1v) is 10.8. The van der Waals surface area contributed by atoms with Crippen LogP contribution in [0.25, 0.3) is 6.08 Å². The zero-order chi connectivity index (χ0) is 25.3. The number of hydrogen-bond acceptors (Lipinski definition) is 6. The van der Waals surface area contributed by atoms with Gasteiger partial charge in [-0.2, -0.15) is 13.9 Å². The second kappa shape index (κ2) is 9.57. The monoisotopic (exact) mass is 484 g/mol. The van der Waals surface area contributed by atoms with Gasteiger partial charge in [0, 0.05) is 35.0 Å². The molecule has 182 valence electrons. The van der Waals surface area contributed by atoms with Gasteiger partial charge in [-0.05, 0) is 44.2 Å². The number of hydrogen-bond donors (Lipinski definition) is 2. The Bertz CT molecular complexity index is 1320. The molecule has 8 nitrogen and oxygen atoms in total. The van der Waals surface area contributed by atoms with Gasteiger partial charge in [-0.15, -0.1) is 0 Å². The highest BCUT2D eigenvalue weighted by Gasteiger charge is 2.36. The Morgan fingerprint density at radius 3 is 2.63 bits per heavy atom. The van der Waals surface area contributed by atoms with Gasteiger partial charge in [0.15, 0.2) is 5.76 Å². The number of phenolic OH excluding ortho intramolecular Hbond substituents is 1. The summed E-state index contributed by atoms with van der Waals surface area (Å²) in [5, 5.41) is 24.6. The third kappa shape index (κ3) is 4.72. The van der Waals surface area contributed by atoms with Crippen LogP contribution in [0.3, 0.4) is 0 Å². The molecule has 0 unspecified atom stereocenters. The summed E-state index contributed by atoms with van der Waals surface area (Å²) in [6.07, 6.45) is 2.40. The molecule has 0 spiro atoms. The molecule has 2 aromatic carbocycles. The second-order valence-corrected chi connectivity index (χ2v) is 8.18. The van der Waals surface area contributed by atoms with Crippen LogP contribution in [-0.2, 0) is 4.79 Å². The van der Waals surface area contributed by atoms with Gasteiger partial charge in [0.25, 0.3) is 0 Å². The van der Waals surface area contributed by atoms with Crippen LogP contribution in [0.1, 0.15) is 59.4 Å². The van der Waals surface area contributed by atoms with Crippen LogP contribution in [0, 0.1) is 0 Å². The van der Waals surface area contributed by atoms with Gasteiger partial charge in [0.1, 0.15) is 17.2 Å². The van der Waals surface area contributed by atoms with Gasteiger partial charge in [0.05, 0.1) is 12.0 Å². The number of carbonyl (C=O) groups is 2. The largest absolute Gasteiger partial charge is 0.508 e. The summed E-state index contributed by atoms with van der Waals surface area (Å²) >= 11 is 0. The number of carbonyl (C=O) groups excluding carboxylic acids is 1. The van der Waals surface area contributed by atoms with E-state index in [1.165, 1.54) is 42.6 Å². The number of phenols is 1. The average molecular weight is 484 g/mol. The van der Waals surface area contributed by atoms with Crippen LogP contribution in [0.2, 0.25) is 0 Å². The smallest absolute Gasteiger partial charge is 0.387 e. The van der Waals surface area contributed by atoms with E-state index >= 15 is 0 Å². The number of halogens is 2. The van der Waals surface area contributed by atoms with E-state index in [9.17, 15) is 28.6 Å². The molecule has 4 rings (SSSR count). The van der Waals surface area contributed by atoms with E-state index in [0.29, 0.717) is 5.69 Å². The zero-order valence-corrected chi connectivity index (χ0v) is 18.8. The van der Waals surface area contributed by atoms with Crippen molar-refractivity contribution < 1.29 is 38.1 Å². The number of aliphatic carboxylic acids is 1. The molecular weight excluding hydrogens is 462 g/mol. The first-order chi connectivity index (χ1) is 16.7. The molecular formula is C25H22F2N2O6. The molecule has 0 aliphatic carbocycles. The summed E-state index contributed by atoms with van der Waals surface area (Å²) in [6, 6.07) is 10.1. The number of para-hydroxylation sites is 1. The van der Waals surface area contributed by atoms with E-state index in [0.717, 1.165) is 0 Å². The average Bonchev–Trinajstić information content (AvgIpc) is 3.39. The van der Waals surface area contributed by atoms with Crippen LogP contribution >= 0.6 is 0 Å². The van der Waals surface area contributed by atoms with Crippen molar-refractivity contribution in [1.82, 2.24) is 9.78 Å². The molecule has 0 bridgehead atoms. The van der Waals surface area contributed by atoms with E-state index in [1.807, 2.05) is 13.8 Å². The predicted molar refractivity (Wildman–Crippen MR) is 121 cm³/mol. The normalized spacial score (nSPS) is 14.9. The highest BCUT2D eigenvalue weighted by molar-refractivity contribution is 6.15. The number of ether oxygens (including phenoxy) is 2. The highest BCUT2D eigenvalue weighted by Crippen LogP contribution is 2.46. The summed E-state index contributed by atoms with van der Waals surface area (Å²) in [4.78, 5) is 24.9. The molecule has 0 amide bonds. The molecule has 2 N–H and O–H groups in total. The molecule has 0 saturated heterocycles. The van der Waals surface area contributed by atoms with Crippen LogP contribution < -0.4 is 9.47 Å². The van der Waals surface area contributed by atoms with Crippen molar-refractivity contribution in [3.05, 3.63) is 76.8 Å².